The zero-order valence-electron chi connectivity index (χ0n) is 12.9. The third-order valence-electron chi connectivity index (χ3n) is 3.33. The molecule has 0 aromatic carbocycles. The van der Waals surface area contributed by atoms with Gasteiger partial charge in [0.2, 0.25) is 11.8 Å². The number of anilines is 1. The molecule has 0 atom stereocenters. The lowest BCUT2D eigenvalue weighted by molar-refractivity contribution is 0.398. The molecule has 3 rings (SSSR count). The number of aromatic nitrogens is 3. The zero-order chi connectivity index (χ0) is 16.2. The second-order valence-corrected chi connectivity index (χ2v) is 4.95. The second-order valence-electron chi connectivity index (χ2n) is 4.95. The Kier molecular flexibility index (Phi) is 4.05. The van der Waals surface area contributed by atoms with Gasteiger partial charge >= 0.3 is 0 Å². The van der Waals surface area contributed by atoms with Crippen molar-refractivity contribution >= 4 is 5.69 Å². The van der Waals surface area contributed by atoms with Crippen LogP contribution in [0.15, 0.2) is 48.9 Å². The molecule has 0 unspecified atom stereocenters. The van der Waals surface area contributed by atoms with Crippen molar-refractivity contribution in [3.05, 3.63) is 54.5 Å². The number of nitrogen functional groups attached to an aromatic ring is 1. The minimum Gasteiger partial charge on any atom is -0.481 e. The van der Waals surface area contributed by atoms with Gasteiger partial charge in [-0.1, -0.05) is 0 Å². The molecule has 0 aliphatic rings. The fraction of sp³-hybridized carbons (Fsp3) is 0.118. The van der Waals surface area contributed by atoms with Crippen LogP contribution < -0.4 is 15.2 Å². The Morgan fingerprint density at radius 3 is 2.35 bits per heavy atom. The molecule has 23 heavy (non-hydrogen) atoms. The third-order valence-corrected chi connectivity index (χ3v) is 3.33. The van der Waals surface area contributed by atoms with Gasteiger partial charge in [-0.05, 0) is 30.7 Å². The molecule has 6 heteroatoms. The predicted molar refractivity (Wildman–Crippen MR) is 87.5 cm³/mol. The van der Waals surface area contributed by atoms with Crippen LogP contribution in [0, 0.1) is 6.92 Å². The van der Waals surface area contributed by atoms with Crippen LogP contribution in [0.1, 0.15) is 5.56 Å². The molecule has 0 radical (unpaired) electrons. The molecule has 0 saturated carbocycles. The van der Waals surface area contributed by atoms with Crippen LogP contribution in [0.3, 0.4) is 0 Å². The highest BCUT2D eigenvalue weighted by atomic mass is 16.5. The number of ether oxygens (including phenoxy) is 2. The van der Waals surface area contributed by atoms with Crippen molar-refractivity contribution < 1.29 is 9.47 Å². The summed E-state index contributed by atoms with van der Waals surface area (Å²) in [6, 6.07) is 9.18. The van der Waals surface area contributed by atoms with Crippen LogP contribution in [0.25, 0.3) is 11.3 Å². The van der Waals surface area contributed by atoms with Crippen molar-refractivity contribution in [2.45, 2.75) is 6.92 Å². The van der Waals surface area contributed by atoms with E-state index in [9.17, 15) is 0 Å². The van der Waals surface area contributed by atoms with Crippen LogP contribution in [-0.4, -0.2) is 22.1 Å². The van der Waals surface area contributed by atoms with Gasteiger partial charge in [-0.3, -0.25) is 4.98 Å². The minimum absolute atomic E-state index is 0.484. The lowest BCUT2D eigenvalue weighted by Crippen LogP contribution is -1.94. The summed E-state index contributed by atoms with van der Waals surface area (Å²) in [5.74, 6) is 1.66. The van der Waals surface area contributed by atoms with Crippen molar-refractivity contribution in [2.75, 3.05) is 12.8 Å². The SMILES string of the molecule is COc1ccc(-c2ccc(Oc3cc(C)c(N)cn3)cn2)cn1. The first kappa shape index (κ1) is 14.8. The van der Waals surface area contributed by atoms with Crippen LogP contribution in [0.5, 0.6) is 17.5 Å². The Bertz CT molecular complexity index is 802. The number of hydrogen-bond acceptors (Lipinski definition) is 6. The number of aryl methyl sites for hydroxylation is 1. The maximum atomic E-state index is 5.74. The molecule has 3 aromatic heterocycles. The fourth-order valence-corrected chi connectivity index (χ4v) is 1.98. The van der Waals surface area contributed by atoms with E-state index < -0.39 is 0 Å². The molecule has 0 bridgehead atoms. The topological polar surface area (TPSA) is 83.2 Å². The number of nitrogens with two attached hydrogens (primary N) is 1. The Morgan fingerprint density at radius 1 is 0.913 bits per heavy atom. The summed E-state index contributed by atoms with van der Waals surface area (Å²) in [6.45, 7) is 1.90. The highest BCUT2D eigenvalue weighted by Crippen LogP contribution is 2.24. The molecule has 0 saturated heterocycles. The lowest BCUT2D eigenvalue weighted by atomic mass is 10.2. The van der Waals surface area contributed by atoms with Gasteiger partial charge in [0.1, 0.15) is 5.75 Å². The van der Waals surface area contributed by atoms with E-state index in [0.29, 0.717) is 23.2 Å². The number of rotatable bonds is 4. The number of hydrogen-bond donors (Lipinski definition) is 1. The Balaban J connectivity index is 1.77. The average molecular weight is 308 g/mol. The van der Waals surface area contributed by atoms with Crippen molar-refractivity contribution in [3.63, 3.8) is 0 Å². The highest BCUT2D eigenvalue weighted by Gasteiger charge is 2.04. The maximum absolute atomic E-state index is 5.74. The van der Waals surface area contributed by atoms with Gasteiger partial charge in [-0.25, -0.2) is 9.97 Å². The van der Waals surface area contributed by atoms with Crippen molar-refractivity contribution in [2.24, 2.45) is 0 Å². The normalized spacial score (nSPS) is 10.3. The fourth-order valence-electron chi connectivity index (χ4n) is 1.98. The smallest absolute Gasteiger partial charge is 0.219 e. The number of pyridine rings is 3. The van der Waals surface area contributed by atoms with Gasteiger partial charge in [-0.2, -0.15) is 0 Å². The van der Waals surface area contributed by atoms with Crippen molar-refractivity contribution in [3.8, 4) is 28.8 Å². The van der Waals surface area contributed by atoms with Crippen LogP contribution in [-0.2, 0) is 0 Å². The molecule has 0 aliphatic heterocycles. The summed E-state index contributed by atoms with van der Waals surface area (Å²) in [5.41, 5.74) is 9.00. The molecule has 2 N–H and O–H groups in total. The van der Waals surface area contributed by atoms with Crippen LogP contribution in [0.2, 0.25) is 0 Å². The molecular formula is C17H16N4O2. The van der Waals surface area contributed by atoms with E-state index >= 15 is 0 Å². The largest absolute Gasteiger partial charge is 0.481 e. The quantitative estimate of drug-likeness (QED) is 0.796. The van der Waals surface area contributed by atoms with Gasteiger partial charge in [0.15, 0.2) is 0 Å². The van der Waals surface area contributed by atoms with Gasteiger partial charge in [0.05, 0.1) is 30.9 Å². The molecule has 3 heterocycles. The molecule has 3 aromatic rings. The van der Waals surface area contributed by atoms with Gasteiger partial charge < -0.3 is 15.2 Å². The van der Waals surface area contributed by atoms with E-state index in [-0.39, 0.29) is 0 Å². The lowest BCUT2D eigenvalue weighted by Gasteiger charge is -2.07. The summed E-state index contributed by atoms with van der Waals surface area (Å²) < 4.78 is 10.7. The van der Waals surface area contributed by atoms with E-state index in [1.165, 1.54) is 0 Å². The van der Waals surface area contributed by atoms with Crippen molar-refractivity contribution in [1.82, 2.24) is 15.0 Å². The van der Waals surface area contributed by atoms with Gasteiger partial charge in [0.25, 0.3) is 0 Å². The zero-order valence-corrected chi connectivity index (χ0v) is 12.9. The molecule has 6 nitrogen and oxygen atoms in total. The van der Waals surface area contributed by atoms with E-state index in [1.54, 1.807) is 37.8 Å². The standard InChI is InChI=1S/C17H16N4O2/c1-11-7-17(21-10-14(11)18)23-13-4-5-15(19-9-13)12-3-6-16(22-2)20-8-12/h3-10H,18H2,1-2H3. The first-order valence-electron chi connectivity index (χ1n) is 7.02. The number of nitrogens with zero attached hydrogens (tertiary/aromatic N) is 3. The summed E-state index contributed by atoms with van der Waals surface area (Å²) >= 11 is 0. The molecule has 116 valence electrons. The molecule has 0 aliphatic carbocycles. The summed E-state index contributed by atoms with van der Waals surface area (Å²) in [5, 5.41) is 0. The Hall–Kier alpha value is -3.15. The maximum Gasteiger partial charge on any atom is 0.219 e. The Morgan fingerprint density at radius 2 is 1.74 bits per heavy atom. The summed E-state index contributed by atoms with van der Waals surface area (Å²) in [4.78, 5) is 12.7. The van der Waals surface area contributed by atoms with E-state index in [4.69, 9.17) is 15.2 Å². The first-order valence-corrected chi connectivity index (χ1v) is 7.02. The molecule has 0 amide bonds. The van der Waals surface area contributed by atoms with Crippen LogP contribution in [0.4, 0.5) is 5.69 Å². The predicted octanol–water partition coefficient (Wildman–Crippen LogP) is 3.23. The van der Waals surface area contributed by atoms with Gasteiger partial charge in [-0.15, -0.1) is 0 Å². The summed E-state index contributed by atoms with van der Waals surface area (Å²) in [7, 11) is 1.58. The highest BCUT2D eigenvalue weighted by molar-refractivity contribution is 5.58. The van der Waals surface area contributed by atoms with E-state index in [1.807, 2.05) is 25.1 Å². The molecule has 0 fully saturated rings. The molecule has 0 spiro atoms. The monoisotopic (exact) mass is 308 g/mol. The van der Waals surface area contributed by atoms with E-state index in [0.717, 1.165) is 16.8 Å². The van der Waals surface area contributed by atoms with Crippen molar-refractivity contribution in [1.29, 1.82) is 0 Å². The molecular weight excluding hydrogens is 292 g/mol. The van der Waals surface area contributed by atoms with Gasteiger partial charge in [0, 0.05) is 23.9 Å². The first-order chi connectivity index (χ1) is 11.2. The average Bonchev–Trinajstić information content (AvgIpc) is 2.59. The summed E-state index contributed by atoms with van der Waals surface area (Å²) in [6.07, 6.45) is 4.94. The van der Waals surface area contributed by atoms with Crippen LogP contribution >= 0.6 is 0 Å². The van der Waals surface area contributed by atoms with E-state index in [2.05, 4.69) is 15.0 Å². The Labute approximate surface area is 134 Å². The number of methoxy groups -OCH3 is 1. The third kappa shape index (κ3) is 3.37. The second kappa shape index (κ2) is 6.31. The minimum atomic E-state index is 0.484.